The minimum Gasteiger partial charge on any atom is -0.409 e. The van der Waals surface area contributed by atoms with Crippen molar-refractivity contribution >= 4 is 17.6 Å². The van der Waals surface area contributed by atoms with E-state index in [0.717, 1.165) is 25.7 Å². The van der Waals surface area contributed by atoms with E-state index in [9.17, 15) is 4.79 Å². The molecule has 0 bridgehead atoms. The summed E-state index contributed by atoms with van der Waals surface area (Å²) in [4.78, 5) is 12.3. The van der Waals surface area contributed by atoms with Gasteiger partial charge in [-0.1, -0.05) is 37.3 Å². The van der Waals surface area contributed by atoms with Crippen molar-refractivity contribution < 1.29 is 10.0 Å². The number of hydrogen-bond acceptors (Lipinski definition) is 4. The summed E-state index contributed by atoms with van der Waals surface area (Å²) < 4.78 is 0. The van der Waals surface area contributed by atoms with Crippen LogP contribution < -0.4 is 11.1 Å². The van der Waals surface area contributed by atoms with Crippen LogP contribution in [0.1, 0.15) is 50.5 Å². The van der Waals surface area contributed by atoms with Crippen molar-refractivity contribution in [1.82, 2.24) is 10.2 Å². The highest BCUT2D eigenvalue weighted by Crippen LogP contribution is 2.23. The van der Waals surface area contributed by atoms with E-state index in [4.69, 9.17) is 10.9 Å². The van der Waals surface area contributed by atoms with Crippen LogP contribution in [-0.2, 0) is 4.79 Å². The SMILES string of the molecule is NC(=NO)c1cn[nH]c1NC(=O)C1CCCCCCC1. The first-order valence-corrected chi connectivity index (χ1v) is 7.04. The molecule has 7 heteroatoms. The Bertz CT molecular complexity index is 475. The number of hydrogen-bond donors (Lipinski definition) is 4. The van der Waals surface area contributed by atoms with Crippen LogP contribution in [0, 0.1) is 5.92 Å². The number of rotatable bonds is 3. The Labute approximate surface area is 117 Å². The first-order chi connectivity index (χ1) is 9.72. The first-order valence-electron chi connectivity index (χ1n) is 7.04. The average molecular weight is 279 g/mol. The number of aromatic nitrogens is 2. The van der Waals surface area contributed by atoms with Crippen LogP contribution >= 0.6 is 0 Å². The standard InChI is InChI=1S/C13H21N5O2/c14-11(18-20)10-8-15-17-12(10)16-13(19)9-6-4-2-1-3-5-7-9/h8-9,20H,1-7H2,(H2,14,18)(H2,15,16,17,19). The van der Waals surface area contributed by atoms with Gasteiger partial charge in [-0.3, -0.25) is 9.89 Å². The van der Waals surface area contributed by atoms with E-state index in [2.05, 4.69) is 20.7 Å². The fraction of sp³-hybridized carbons (Fsp3) is 0.615. The van der Waals surface area contributed by atoms with Crippen LogP contribution in [0.5, 0.6) is 0 Å². The number of H-pyrrole nitrogens is 1. The van der Waals surface area contributed by atoms with Gasteiger partial charge in [0.1, 0.15) is 5.82 Å². The smallest absolute Gasteiger partial charge is 0.228 e. The predicted molar refractivity (Wildman–Crippen MR) is 75.5 cm³/mol. The highest BCUT2D eigenvalue weighted by molar-refractivity contribution is 6.04. The van der Waals surface area contributed by atoms with E-state index in [1.807, 2.05) is 0 Å². The lowest BCUT2D eigenvalue weighted by molar-refractivity contribution is -0.120. The summed E-state index contributed by atoms with van der Waals surface area (Å²) in [5.41, 5.74) is 5.92. The molecule has 2 rings (SSSR count). The topological polar surface area (TPSA) is 116 Å². The molecule has 0 aromatic carbocycles. The van der Waals surface area contributed by atoms with Crippen LogP contribution in [0.2, 0.25) is 0 Å². The van der Waals surface area contributed by atoms with E-state index < -0.39 is 0 Å². The average Bonchev–Trinajstić information content (AvgIpc) is 2.85. The molecule has 1 aliphatic carbocycles. The maximum absolute atomic E-state index is 12.3. The second kappa shape index (κ2) is 6.93. The van der Waals surface area contributed by atoms with Gasteiger partial charge in [0.15, 0.2) is 5.84 Å². The Morgan fingerprint density at radius 3 is 2.65 bits per heavy atom. The van der Waals surface area contributed by atoms with Crippen LogP contribution in [0.15, 0.2) is 11.4 Å². The molecule has 110 valence electrons. The lowest BCUT2D eigenvalue weighted by Gasteiger charge is -2.18. The third-order valence-corrected chi connectivity index (χ3v) is 3.75. The maximum Gasteiger partial charge on any atom is 0.228 e. The third-order valence-electron chi connectivity index (χ3n) is 3.75. The largest absolute Gasteiger partial charge is 0.409 e. The number of oxime groups is 1. The first kappa shape index (κ1) is 14.4. The lowest BCUT2D eigenvalue weighted by Crippen LogP contribution is -2.25. The molecule has 0 spiro atoms. The summed E-state index contributed by atoms with van der Waals surface area (Å²) in [7, 11) is 0. The van der Waals surface area contributed by atoms with Gasteiger partial charge in [0.2, 0.25) is 5.91 Å². The molecule has 0 aliphatic heterocycles. The zero-order chi connectivity index (χ0) is 14.4. The summed E-state index contributed by atoms with van der Waals surface area (Å²) in [6.07, 6.45) is 9.10. The molecule has 0 atom stereocenters. The second-order valence-electron chi connectivity index (χ2n) is 5.18. The number of nitrogens with two attached hydrogens (primary N) is 1. The van der Waals surface area contributed by atoms with E-state index in [-0.39, 0.29) is 17.7 Å². The van der Waals surface area contributed by atoms with Crippen molar-refractivity contribution in [2.75, 3.05) is 5.32 Å². The molecule has 0 radical (unpaired) electrons. The fourth-order valence-electron chi connectivity index (χ4n) is 2.57. The molecule has 1 fully saturated rings. The van der Waals surface area contributed by atoms with Crippen molar-refractivity contribution in [3.8, 4) is 0 Å². The van der Waals surface area contributed by atoms with Gasteiger partial charge in [-0.2, -0.15) is 5.10 Å². The molecule has 1 aliphatic rings. The molecule has 1 saturated carbocycles. The van der Waals surface area contributed by atoms with Gasteiger partial charge in [-0.15, -0.1) is 0 Å². The van der Waals surface area contributed by atoms with Crippen LogP contribution in [-0.4, -0.2) is 27.1 Å². The summed E-state index contributed by atoms with van der Waals surface area (Å²) in [6.45, 7) is 0. The van der Waals surface area contributed by atoms with Gasteiger partial charge in [0.05, 0.1) is 11.8 Å². The second-order valence-corrected chi connectivity index (χ2v) is 5.18. The van der Waals surface area contributed by atoms with Crippen molar-refractivity contribution in [2.45, 2.75) is 44.9 Å². The summed E-state index contributed by atoms with van der Waals surface area (Å²) in [6, 6.07) is 0. The van der Waals surface area contributed by atoms with Crippen LogP contribution in [0.25, 0.3) is 0 Å². The number of anilines is 1. The number of carbonyl (C=O) groups excluding carboxylic acids is 1. The minimum absolute atomic E-state index is 0.0249. The monoisotopic (exact) mass is 279 g/mol. The molecular formula is C13H21N5O2. The van der Waals surface area contributed by atoms with Crippen molar-refractivity contribution in [2.24, 2.45) is 16.8 Å². The maximum atomic E-state index is 12.3. The number of amidine groups is 1. The minimum atomic E-state index is -0.0771. The van der Waals surface area contributed by atoms with Gasteiger partial charge < -0.3 is 16.3 Å². The molecule has 1 heterocycles. The zero-order valence-corrected chi connectivity index (χ0v) is 11.4. The van der Waals surface area contributed by atoms with Crippen LogP contribution in [0.3, 0.4) is 0 Å². The fourth-order valence-corrected chi connectivity index (χ4v) is 2.57. The highest BCUT2D eigenvalue weighted by Gasteiger charge is 2.21. The van der Waals surface area contributed by atoms with Gasteiger partial charge in [-0.25, -0.2) is 0 Å². The molecule has 0 saturated heterocycles. The van der Waals surface area contributed by atoms with E-state index in [1.54, 1.807) is 0 Å². The molecule has 20 heavy (non-hydrogen) atoms. The Morgan fingerprint density at radius 1 is 1.35 bits per heavy atom. The molecule has 1 aromatic heterocycles. The Morgan fingerprint density at radius 2 is 2.00 bits per heavy atom. The van der Waals surface area contributed by atoms with Gasteiger partial charge in [0, 0.05) is 5.92 Å². The Balaban J connectivity index is 2.01. The molecule has 5 N–H and O–H groups in total. The van der Waals surface area contributed by atoms with Crippen molar-refractivity contribution in [3.05, 3.63) is 11.8 Å². The zero-order valence-electron chi connectivity index (χ0n) is 11.4. The van der Waals surface area contributed by atoms with Crippen molar-refractivity contribution in [3.63, 3.8) is 0 Å². The normalized spacial score (nSPS) is 18.3. The molecule has 1 amide bonds. The van der Waals surface area contributed by atoms with Gasteiger partial charge in [0.25, 0.3) is 0 Å². The van der Waals surface area contributed by atoms with E-state index in [0.29, 0.717) is 11.4 Å². The molecule has 7 nitrogen and oxygen atoms in total. The number of nitrogens with zero attached hydrogens (tertiary/aromatic N) is 2. The third kappa shape index (κ3) is 3.49. The molecule has 1 aromatic rings. The predicted octanol–water partition coefficient (Wildman–Crippen LogP) is 1.80. The summed E-state index contributed by atoms with van der Waals surface area (Å²) >= 11 is 0. The Hall–Kier alpha value is -2.05. The summed E-state index contributed by atoms with van der Waals surface area (Å²) in [5, 5.41) is 20.9. The van der Waals surface area contributed by atoms with Crippen molar-refractivity contribution in [1.29, 1.82) is 0 Å². The highest BCUT2D eigenvalue weighted by atomic mass is 16.4. The number of carbonyl (C=O) groups is 1. The van der Waals surface area contributed by atoms with E-state index in [1.165, 1.54) is 25.5 Å². The summed E-state index contributed by atoms with van der Waals surface area (Å²) in [5.74, 6) is 0.306. The number of aromatic amines is 1. The molecule has 0 unspecified atom stereocenters. The van der Waals surface area contributed by atoms with Crippen LogP contribution in [0.4, 0.5) is 5.82 Å². The molecular weight excluding hydrogens is 258 g/mol. The Kier molecular flexibility index (Phi) is 4.97. The van der Waals surface area contributed by atoms with Gasteiger partial charge in [-0.05, 0) is 12.8 Å². The van der Waals surface area contributed by atoms with E-state index >= 15 is 0 Å². The lowest BCUT2D eigenvalue weighted by atomic mass is 9.90. The number of amides is 1. The van der Waals surface area contributed by atoms with Gasteiger partial charge >= 0.3 is 0 Å². The quantitative estimate of drug-likeness (QED) is 0.292. The number of nitrogens with one attached hydrogen (secondary N) is 2.